The van der Waals surface area contributed by atoms with Crippen LogP contribution in [0.15, 0.2) is 6.07 Å². The second-order valence-electron chi connectivity index (χ2n) is 3.29. The highest BCUT2D eigenvalue weighted by Crippen LogP contribution is 2.01. The highest BCUT2D eigenvalue weighted by Gasteiger charge is 2.11. The number of nitrogens with zero attached hydrogens (tertiary/aromatic N) is 2. The Morgan fingerprint density at radius 1 is 1.50 bits per heavy atom. The van der Waals surface area contributed by atoms with Crippen LogP contribution in [0.4, 0.5) is 0 Å². The monoisotopic (exact) mass is 195 g/mol. The largest absolute Gasteiger partial charge is 0.343 e. The molecule has 0 aliphatic carbocycles. The minimum atomic E-state index is 0.140. The minimum absolute atomic E-state index is 0.140. The Morgan fingerprint density at radius 3 is 2.57 bits per heavy atom. The molecule has 0 unspecified atom stereocenters. The molecule has 1 heterocycles. The number of aromatic nitrogens is 2. The highest BCUT2D eigenvalue weighted by molar-refractivity contribution is 5.78. The number of amides is 1. The third-order valence-corrected chi connectivity index (χ3v) is 2.21. The zero-order valence-corrected chi connectivity index (χ0v) is 9.00. The van der Waals surface area contributed by atoms with Crippen molar-refractivity contribution in [3.05, 3.63) is 17.5 Å². The van der Waals surface area contributed by atoms with Crippen molar-refractivity contribution in [1.82, 2.24) is 15.1 Å². The first-order valence-electron chi connectivity index (χ1n) is 4.96. The number of hydrogen-bond acceptors (Lipinski definition) is 2. The van der Waals surface area contributed by atoms with E-state index < -0.39 is 0 Å². The van der Waals surface area contributed by atoms with Crippen LogP contribution >= 0.6 is 0 Å². The number of H-pyrrole nitrogens is 1. The summed E-state index contributed by atoms with van der Waals surface area (Å²) in [6.45, 7) is 7.42. The molecule has 0 aliphatic heterocycles. The van der Waals surface area contributed by atoms with Gasteiger partial charge in [-0.1, -0.05) is 0 Å². The van der Waals surface area contributed by atoms with Gasteiger partial charge in [0.2, 0.25) is 5.91 Å². The summed E-state index contributed by atoms with van der Waals surface area (Å²) in [4.78, 5) is 13.5. The van der Waals surface area contributed by atoms with E-state index in [2.05, 4.69) is 10.2 Å². The van der Waals surface area contributed by atoms with Crippen molar-refractivity contribution in [1.29, 1.82) is 0 Å². The molecule has 0 aromatic carbocycles. The van der Waals surface area contributed by atoms with Crippen molar-refractivity contribution in [3.63, 3.8) is 0 Å². The molecule has 14 heavy (non-hydrogen) atoms. The van der Waals surface area contributed by atoms with Crippen molar-refractivity contribution >= 4 is 5.91 Å². The van der Waals surface area contributed by atoms with Gasteiger partial charge in [-0.25, -0.2) is 0 Å². The van der Waals surface area contributed by atoms with Crippen LogP contribution in [-0.2, 0) is 11.2 Å². The number of rotatable bonds is 4. The van der Waals surface area contributed by atoms with Crippen molar-refractivity contribution in [2.24, 2.45) is 0 Å². The van der Waals surface area contributed by atoms with Gasteiger partial charge in [0.1, 0.15) is 0 Å². The van der Waals surface area contributed by atoms with Crippen LogP contribution in [0, 0.1) is 6.92 Å². The summed E-state index contributed by atoms with van der Waals surface area (Å²) in [5.74, 6) is 0.140. The van der Waals surface area contributed by atoms with Gasteiger partial charge in [-0.05, 0) is 26.8 Å². The van der Waals surface area contributed by atoms with Crippen LogP contribution in [0.25, 0.3) is 0 Å². The van der Waals surface area contributed by atoms with Gasteiger partial charge in [-0.3, -0.25) is 9.89 Å². The van der Waals surface area contributed by atoms with Crippen LogP contribution in [0.3, 0.4) is 0 Å². The molecule has 0 aliphatic rings. The second kappa shape index (κ2) is 4.79. The Hall–Kier alpha value is -1.32. The number of carbonyl (C=O) groups excluding carboxylic acids is 1. The Balaban J connectivity index is 2.56. The van der Waals surface area contributed by atoms with E-state index in [1.807, 2.05) is 31.7 Å². The van der Waals surface area contributed by atoms with Crippen molar-refractivity contribution in [3.8, 4) is 0 Å². The van der Waals surface area contributed by atoms with Gasteiger partial charge < -0.3 is 4.90 Å². The molecule has 0 spiro atoms. The molecule has 0 atom stereocenters. The summed E-state index contributed by atoms with van der Waals surface area (Å²) in [7, 11) is 0. The molecule has 1 aromatic rings. The standard InChI is InChI=1S/C10H17N3O/c1-4-13(5-2)10(14)7-9-6-8(3)11-12-9/h6H,4-5,7H2,1-3H3,(H,11,12). The summed E-state index contributed by atoms with van der Waals surface area (Å²) in [5.41, 5.74) is 1.81. The first kappa shape index (κ1) is 10.8. The molecule has 0 radical (unpaired) electrons. The zero-order chi connectivity index (χ0) is 10.6. The molecule has 1 N–H and O–H groups in total. The van der Waals surface area contributed by atoms with Crippen molar-refractivity contribution in [2.75, 3.05) is 13.1 Å². The summed E-state index contributed by atoms with van der Waals surface area (Å²) < 4.78 is 0. The number of carbonyl (C=O) groups is 1. The maximum atomic E-state index is 11.7. The lowest BCUT2D eigenvalue weighted by atomic mass is 10.2. The highest BCUT2D eigenvalue weighted by atomic mass is 16.2. The summed E-state index contributed by atoms with van der Waals surface area (Å²) in [6, 6.07) is 1.90. The van der Waals surface area contributed by atoms with Crippen LogP contribution < -0.4 is 0 Å². The molecular formula is C10H17N3O. The molecule has 78 valence electrons. The number of aromatic amines is 1. The SMILES string of the molecule is CCN(CC)C(=O)Cc1cc(C)[nH]n1. The lowest BCUT2D eigenvalue weighted by molar-refractivity contribution is -0.130. The molecule has 1 amide bonds. The van der Waals surface area contributed by atoms with E-state index in [-0.39, 0.29) is 5.91 Å². The number of nitrogens with one attached hydrogen (secondary N) is 1. The fourth-order valence-electron chi connectivity index (χ4n) is 1.41. The lowest BCUT2D eigenvalue weighted by Crippen LogP contribution is -2.31. The molecule has 1 aromatic heterocycles. The van der Waals surface area contributed by atoms with Gasteiger partial charge in [0.15, 0.2) is 0 Å². The van der Waals surface area contributed by atoms with E-state index in [9.17, 15) is 4.79 Å². The van der Waals surface area contributed by atoms with Crippen LogP contribution in [-0.4, -0.2) is 34.1 Å². The first-order valence-corrected chi connectivity index (χ1v) is 4.96. The summed E-state index contributed by atoms with van der Waals surface area (Å²) in [6.07, 6.45) is 0.395. The third kappa shape index (κ3) is 2.58. The fourth-order valence-corrected chi connectivity index (χ4v) is 1.41. The lowest BCUT2D eigenvalue weighted by Gasteiger charge is -2.17. The number of likely N-dealkylation sites (N-methyl/N-ethyl adjacent to an activating group) is 1. The van der Waals surface area contributed by atoms with E-state index in [4.69, 9.17) is 0 Å². The first-order chi connectivity index (χ1) is 6.67. The van der Waals surface area contributed by atoms with Crippen molar-refractivity contribution < 1.29 is 4.79 Å². The van der Waals surface area contributed by atoms with E-state index in [0.29, 0.717) is 6.42 Å². The van der Waals surface area contributed by atoms with Gasteiger partial charge >= 0.3 is 0 Å². The molecule has 0 fully saturated rings. The summed E-state index contributed by atoms with van der Waals surface area (Å²) in [5, 5.41) is 6.86. The Bertz CT molecular complexity index is 302. The fraction of sp³-hybridized carbons (Fsp3) is 0.600. The van der Waals surface area contributed by atoms with Gasteiger partial charge in [0.05, 0.1) is 12.1 Å². The van der Waals surface area contributed by atoms with Crippen LogP contribution in [0.5, 0.6) is 0 Å². The predicted molar refractivity (Wildman–Crippen MR) is 55.0 cm³/mol. The molecule has 0 saturated heterocycles. The molecular weight excluding hydrogens is 178 g/mol. The Kier molecular flexibility index (Phi) is 3.68. The Morgan fingerprint density at radius 2 is 2.14 bits per heavy atom. The number of hydrogen-bond donors (Lipinski definition) is 1. The van der Waals surface area contributed by atoms with Crippen LogP contribution in [0.1, 0.15) is 25.2 Å². The minimum Gasteiger partial charge on any atom is -0.343 e. The van der Waals surface area contributed by atoms with Gasteiger partial charge in [0, 0.05) is 18.8 Å². The van der Waals surface area contributed by atoms with E-state index in [1.54, 1.807) is 0 Å². The average Bonchev–Trinajstić information content (AvgIpc) is 2.53. The van der Waals surface area contributed by atoms with Gasteiger partial charge in [-0.2, -0.15) is 5.10 Å². The molecule has 1 rings (SSSR count). The average molecular weight is 195 g/mol. The summed E-state index contributed by atoms with van der Waals surface area (Å²) >= 11 is 0. The van der Waals surface area contributed by atoms with E-state index >= 15 is 0 Å². The molecule has 0 bridgehead atoms. The third-order valence-electron chi connectivity index (χ3n) is 2.21. The van der Waals surface area contributed by atoms with Gasteiger partial charge in [-0.15, -0.1) is 0 Å². The van der Waals surface area contributed by atoms with Crippen LogP contribution in [0.2, 0.25) is 0 Å². The van der Waals surface area contributed by atoms with Gasteiger partial charge in [0.25, 0.3) is 0 Å². The second-order valence-corrected chi connectivity index (χ2v) is 3.29. The maximum absolute atomic E-state index is 11.7. The number of aryl methyl sites for hydroxylation is 1. The maximum Gasteiger partial charge on any atom is 0.228 e. The van der Waals surface area contributed by atoms with E-state index in [0.717, 1.165) is 24.5 Å². The molecule has 0 saturated carbocycles. The topological polar surface area (TPSA) is 49.0 Å². The normalized spacial score (nSPS) is 10.2. The van der Waals surface area contributed by atoms with E-state index in [1.165, 1.54) is 0 Å². The zero-order valence-electron chi connectivity index (χ0n) is 9.00. The smallest absolute Gasteiger partial charge is 0.228 e. The Labute approximate surface area is 84.3 Å². The van der Waals surface area contributed by atoms with Crippen molar-refractivity contribution in [2.45, 2.75) is 27.2 Å². The quantitative estimate of drug-likeness (QED) is 0.783. The molecule has 4 nitrogen and oxygen atoms in total. The molecule has 4 heteroatoms. The predicted octanol–water partition coefficient (Wildman–Crippen LogP) is 1.13.